The first kappa shape index (κ1) is 12.3. The first-order chi connectivity index (χ1) is 7.81. The van der Waals surface area contributed by atoms with Crippen molar-refractivity contribution in [2.45, 2.75) is 32.2 Å². The van der Waals surface area contributed by atoms with Crippen molar-refractivity contribution in [3.63, 3.8) is 0 Å². The molecule has 1 aliphatic heterocycles. The molecule has 0 aromatic heterocycles. The van der Waals surface area contributed by atoms with Crippen LogP contribution in [0.3, 0.4) is 0 Å². The summed E-state index contributed by atoms with van der Waals surface area (Å²) in [5.74, 6) is 0.926. The molecule has 2 rings (SSSR count). The zero-order valence-electron chi connectivity index (χ0n) is 10.9. The third-order valence-corrected chi connectivity index (χ3v) is 4.22. The van der Waals surface area contributed by atoms with Gasteiger partial charge in [0.25, 0.3) is 0 Å². The molecule has 0 bridgehead atoms. The summed E-state index contributed by atoms with van der Waals surface area (Å²) in [4.78, 5) is 5.17. The summed E-state index contributed by atoms with van der Waals surface area (Å²) < 4.78 is 0. The van der Waals surface area contributed by atoms with Gasteiger partial charge in [-0.1, -0.05) is 6.92 Å². The molecule has 1 aliphatic carbocycles. The molecule has 2 aliphatic rings. The van der Waals surface area contributed by atoms with Crippen LogP contribution in [0, 0.1) is 5.92 Å². The summed E-state index contributed by atoms with van der Waals surface area (Å²) in [6.07, 6.45) is 4.13. The predicted octanol–water partition coefficient (Wildman–Crippen LogP) is 1.01. The second kappa shape index (κ2) is 5.99. The molecule has 2 unspecified atom stereocenters. The zero-order chi connectivity index (χ0) is 11.4. The van der Waals surface area contributed by atoms with E-state index >= 15 is 0 Å². The van der Waals surface area contributed by atoms with Gasteiger partial charge in [0, 0.05) is 32.2 Å². The second-order valence-corrected chi connectivity index (χ2v) is 5.45. The van der Waals surface area contributed by atoms with Crippen molar-refractivity contribution >= 4 is 0 Å². The van der Waals surface area contributed by atoms with E-state index in [1.165, 1.54) is 58.5 Å². The Hall–Kier alpha value is -0.120. The average Bonchev–Trinajstić information content (AvgIpc) is 2.26. The molecule has 3 nitrogen and oxygen atoms in total. The van der Waals surface area contributed by atoms with Crippen molar-refractivity contribution < 1.29 is 0 Å². The molecule has 0 spiro atoms. The Labute approximate surface area is 100 Å². The molecule has 0 radical (unpaired) electrons. The van der Waals surface area contributed by atoms with E-state index in [0.717, 1.165) is 12.0 Å². The number of nitrogens with zero attached hydrogens (tertiary/aromatic N) is 2. The summed E-state index contributed by atoms with van der Waals surface area (Å²) >= 11 is 0. The molecule has 0 amide bonds. The highest BCUT2D eigenvalue weighted by molar-refractivity contribution is 4.91. The van der Waals surface area contributed by atoms with Crippen molar-refractivity contribution in [1.82, 2.24) is 15.1 Å². The van der Waals surface area contributed by atoms with E-state index in [4.69, 9.17) is 0 Å². The van der Waals surface area contributed by atoms with Gasteiger partial charge in [-0.3, -0.25) is 4.90 Å². The molecular weight excluding hydrogens is 198 g/mol. The lowest BCUT2D eigenvalue weighted by atomic mass is 9.78. The minimum absolute atomic E-state index is 0.887. The highest BCUT2D eigenvalue weighted by Gasteiger charge is 2.35. The molecule has 2 atom stereocenters. The van der Waals surface area contributed by atoms with Gasteiger partial charge in [-0.25, -0.2) is 0 Å². The SMILES string of the molecule is CCCNCC1CCC1N1CCN(C)CC1. The Balaban J connectivity index is 1.69. The zero-order valence-corrected chi connectivity index (χ0v) is 10.9. The molecular formula is C13H27N3. The van der Waals surface area contributed by atoms with Crippen LogP contribution in [0.4, 0.5) is 0 Å². The molecule has 1 heterocycles. The van der Waals surface area contributed by atoms with E-state index in [1.54, 1.807) is 0 Å². The quantitative estimate of drug-likeness (QED) is 0.705. The van der Waals surface area contributed by atoms with Crippen LogP contribution in [0.2, 0.25) is 0 Å². The third-order valence-electron chi connectivity index (χ3n) is 4.22. The number of nitrogens with one attached hydrogen (secondary N) is 1. The van der Waals surface area contributed by atoms with Crippen LogP contribution in [-0.2, 0) is 0 Å². The van der Waals surface area contributed by atoms with Crippen LogP contribution in [0.25, 0.3) is 0 Å². The smallest absolute Gasteiger partial charge is 0.0137 e. The molecule has 16 heavy (non-hydrogen) atoms. The minimum atomic E-state index is 0.887. The number of likely N-dealkylation sites (N-methyl/N-ethyl adjacent to an activating group) is 1. The maximum absolute atomic E-state index is 3.58. The van der Waals surface area contributed by atoms with E-state index in [-0.39, 0.29) is 0 Å². The lowest BCUT2D eigenvalue weighted by Gasteiger charge is -2.47. The number of rotatable bonds is 5. The summed E-state index contributed by atoms with van der Waals surface area (Å²) in [5.41, 5.74) is 0. The van der Waals surface area contributed by atoms with Gasteiger partial charge >= 0.3 is 0 Å². The molecule has 0 aromatic carbocycles. The van der Waals surface area contributed by atoms with Gasteiger partial charge < -0.3 is 10.2 Å². The van der Waals surface area contributed by atoms with Gasteiger partial charge in [-0.2, -0.15) is 0 Å². The molecule has 1 saturated heterocycles. The average molecular weight is 225 g/mol. The van der Waals surface area contributed by atoms with Crippen molar-refractivity contribution in [3.05, 3.63) is 0 Å². The van der Waals surface area contributed by atoms with Crippen LogP contribution < -0.4 is 5.32 Å². The molecule has 0 aromatic rings. The van der Waals surface area contributed by atoms with E-state index in [0.29, 0.717) is 0 Å². The molecule has 1 saturated carbocycles. The predicted molar refractivity (Wildman–Crippen MR) is 68.7 cm³/mol. The van der Waals surface area contributed by atoms with Crippen molar-refractivity contribution in [3.8, 4) is 0 Å². The summed E-state index contributed by atoms with van der Waals surface area (Å²) in [5, 5.41) is 3.58. The van der Waals surface area contributed by atoms with Crippen molar-refractivity contribution in [1.29, 1.82) is 0 Å². The highest BCUT2D eigenvalue weighted by atomic mass is 15.3. The van der Waals surface area contributed by atoms with Gasteiger partial charge in [-0.15, -0.1) is 0 Å². The Morgan fingerprint density at radius 2 is 1.88 bits per heavy atom. The van der Waals surface area contributed by atoms with Gasteiger partial charge in [-0.05, 0) is 45.3 Å². The fourth-order valence-electron chi connectivity index (χ4n) is 2.89. The Morgan fingerprint density at radius 1 is 1.12 bits per heavy atom. The van der Waals surface area contributed by atoms with Crippen LogP contribution in [-0.4, -0.2) is 62.2 Å². The van der Waals surface area contributed by atoms with Crippen molar-refractivity contribution in [2.24, 2.45) is 5.92 Å². The Bertz CT molecular complexity index is 199. The lowest BCUT2D eigenvalue weighted by Crippen LogP contribution is -2.56. The Morgan fingerprint density at radius 3 is 2.44 bits per heavy atom. The standard InChI is InChI=1S/C13H27N3/c1-3-6-14-11-12-4-5-13(12)16-9-7-15(2)8-10-16/h12-14H,3-11H2,1-2H3. The summed E-state index contributed by atoms with van der Waals surface area (Å²) in [6.45, 7) is 9.75. The van der Waals surface area contributed by atoms with Gasteiger partial charge in [0.1, 0.15) is 0 Å². The second-order valence-electron chi connectivity index (χ2n) is 5.45. The third kappa shape index (κ3) is 2.96. The van der Waals surface area contributed by atoms with Crippen LogP contribution in [0.15, 0.2) is 0 Å². The molecule has 94 valence electrons. The van der Waals surface area contributed by atoms with Crippen LogP contribution in [0.5, 0.6) is 0 Å². The first-order valence-corrected chi connectivity index (χ1v) is 6.94. The first-order valence-electron chi connectivity index (χ1n) is 6.94. The van der Waals surface area contributed by atoms with E-state index in [2.05, 4.69) is 29.1 Å². The van der Waals surface area contributed by atoms with Crippen LogP contribution >= 0.6 is 0 Å². The fraction of sp³-hybridized carbons (Fsp3) is 1.00. The summed E-state index contributed by atoms with van der Waals surface area (Å²) in [6, 6.07) is 0.887. The van der Waals surface area contributed by atoms with E-state index in [9.17, 15) is 0 Å². The van der Waals surface area contributed by atoms with Crippen molar-refractivity contribution in [2.75, 3.05) is 46.3 Å². The normalized spacial score (nSPS) is 32.6. The number of hydrogen-bond donors (Lipinski definition) is 1. The monoisotopic (exact) mass is 225 g/mol. The number of piperazine rings is 1. The van der Waals surface area contributed by atoms with Gasteiger partial charge in [0.15, 0.2) is 0 Å². The topological polar surface area (TPSA) is 18.5 Å². The number of hydrogen-bond acceptors (Lipinski definition) is 3. The Kier molecular flexibility index (Phi) is 4.62. The maximum Gasteiger partial charge on any atom is 0.0137 e. The van der Waals surface area contributed by atoms with Crippen LogP contribution in [0.1, 0.15) is 26.2 Å². The molecule has 1 N–H and O–H groups in total. The fourth-order valence-corrected chi connectivity index (χ4v) is 2.89. The largest absolute Gasteiger partial charge is 0.316 e. The highest BCUT2D eigenvalue weighted by Crippen LogP contribution is 2.32. The minimum Gasteiger partial charge on any atom is -0.316 e. The molecule has 3 heteroatoms. The molecule has 2 fully saturated rings. The van der Waals surface area contributed by atoms with E-state index < -0.39 is 0 Å². The van der Waals surface area contributed by atoms with E-state index in [1.807, 2.05) is 0 Å². The van der Waals surface area contributed by atoms with Gasteiger partial charge in [0.2, 0.25) is 0 Å². The summed E-state index contributed by atoms with van der Waals surface area (Å²) in [7, 11) is 2.23. The van der Waals surface area contributed by atoms with Gasteiger partial charge in [0.05, 0.1) is 0 Å². The lowest BCUT2D eigenvalue weighted by molar-refractivity contribution is 0.0274. The maximum atomic E-state index is 3.58.